The van der Waals surface area contributed by atoms with E-state index in [4.69, 9.17) is 16.3 Å². The van der Waals surface area contributed by atoms with Crippen LogP contribution in [0.2, 0.25) is 5.02 Å². The standard InChI is InChI=1S/C19H18BrClN2O2/c20-12-5-6-16-14(11-12)17(13-3-1-2-4-15(13)21)18(19(24)22-16)23-7-9-25-10-8-23/h1-6,11,17-18H,7-10H2,(H,22,24). The topological polar surface area (TPSA) is 41.6 Å². The van der Waals surface area contributed by atoms with Crippen LogP contribution in [-0.4, -0.2) is 43.2 Å². The third-order valence-corrected chi connectivity index (χ3v) is 5.71. The van der Waals surface area contributed by atoms with Crippen molar-refractivity contribution >= 4 is 39.1 Å². The molecule has 6 heteroatoms. The first kappa shape index (κ1) is 17.0. The fraction of sp³-hybridized carbons (Fsp3) is 0.316. The highest BCUT2D eigenvalue weighted by atomic mass is 79.9. The lowest BCUT2D eigenvalue weighted by Gasteiger charge is -2.41. The van der Waals surface area contributed by atoms with Gasteiger partial charge in [-0.1, -0.05) is 45.7 Å². The number of rotatable bonds is 2. The minimum absolute atomic E-state index is 0.0154. The first-order chi connectivity index (χ1) is 12.1. The molecule has 2 heterocycles. The average molecular weight is 422 g/mol. The van der Waals surface area contributed by atoms with Crippen molar-refractivity contribution in [1.29, 1.82) is 0 Å². The predicted octanol–water partition coefficient (Wildman–Crippen LogP) is 3.89. The second-order valence-electron chi connectivity index (χ2n) is 6.31. The number of fused-ring (bicyclic) bond motifs is 1. The molecule has 0 radical (unpaired) electrons. The van der Waals surface area contributed by atoms with Crippen LogP contribution in [0.5, 0.6) is 0 Å². The summed E-state index contributed by atoms with van der Waals surface area (Å²) in [6.07, 6.45) is 0. The second-order valence-corrected chi connectivity index (χ2v) is 7.64. The summed E-state index contributed by atoms with van der Waals surface area (Å²) in [5.74, 6) is -0.102. The molecule has 1 N–H and O–H groups in total. The molecule has 2 aromatic carbocycles. The Balaban J connectivity index is 1.87. The third kappa shape index (κ3) is 3.22. The summed E-state index contributed by atoms with van der Waals surface area (Å²) < 4.78 is 6.46. The summed E-state index contributed by atoms with van der Waals surface area (Å²) in [6, 6.07) is 13.5. The molecule has 0 bridgehead atoms. The molecule has 0 aliphatic carbocycles. The lowest BCUT2D eigenvalue weighted by molar-refractivity contribution is -0.124. The average Bonchev–Trinajstić information content (AvgIpc) is 2.62. The molecule has 2 aliphatic rings. The van der Waals surface area contributed by atoms with Gasteiger partial charge in [-0.3, -0.25) is 9.69 Å². The molecule has 4 nitrogen and oxygen atoms in total. The van der Waals surface area contributed by atoms with E-state index < -0.39 is 0 Å². The number of halogens is 2. The maximum Gasteiger partial charge on any atom is 0.242 e. The number of anilines is 1. The Morgan fingerprint density at radius 2 is 1.88 bits per heavy atom. The zero-order chi connectivity index (χ0) is 17.4. The lowest BCUT2D eigenvalue weighted by atomic mass is 9.80. The highest BCUT2D eigenvalue weighted by molar-refractivity contribution is 9.10. The molecule has 0 aromatic heterocycles. The molecule has 1 saturated heterocycles. The number of nitrogens with zero attached hydrogens (tertiary/aromatic N) is 1. The van der Waals surface area contributed by atoms with Crippen LogP contribution in [0.1, 0.15) is 17.0 Å². The number of carbonyl (C=O) groups excluding carboxylic acids is 1. The number of amides is 1. The minimum atomic E-state index is -0.300. The van der Waals surface area contributed by atoms with Gasteiger partial charge in [-0.25, -0.2) is 0 Å². The molecular formula is C19H18BrClN2O2. The first-order valence-electron chi connectivity index (χ1n) is 8.31. The predicted molar refractivity (Wildman–Crippen MR) is 102 cm³/mol. The molecule has 2 aliphatic heterocycles. The van der Waals surface area contributed by atoms with Crippen molar-refractivity contribution in [2.24, 2.45) is 0 Å². The monoisotopic (exact) mass is 420 g/mol. The van der Waals surface area contributed by atoms with Gasteiger partial charge in [0.25, 0.3) is 0 Å². The van der Waals surface area contributed by atoms with Crippen molar-refractivity contribution in [3.05, 3.63) is 63.1 Å². The van der Waals surface area contributed by atoms with Crippen molar-refractivity contribution in [2.45, 2.75) is 12.0 Å². The smallest absolute Gasteiger partial charge is 0.242 e. The van der Waals surface area contributed by atoms with Crippen LogP contribution >= 0.6 is 27.5 Å². The molecule has 4 rings (SSSR count). The third-order valence-electron chi connectivity index (χ3n) is 4.87. The molecule has 2 unspecified atom stereocenters. The number of benzene rings is 2. The summed E-state index contributed by atoms with van der Waals surface area (Å²) in [5.41, 5.74) is 2.91. The first-order valence-corrected chi connectivity index (χ1v) is 9.49. The van der Waals surface area contributed by atoms with Crippen molar-refractivity contribution in [3.63, 3.8) is 0 Å². The molecule has 2 atom stereocenters. The van der Waals surface area contributed by atoms with E-state index in [0.29, 0.717) is 18.2 Å². The largest absolute Gasteiger partial charge is 0.379 e. The van der Waals surface area contributed by atoms with Gasteiger partial charge in [0.05, 0.1) is 13.2 Å². The highest BCUT2D eigenvalue weighted by Crippen LogP contribution is 2.42. The molecule has 1 fully saturated rings. The van der Waals surface area contributed by atoms with E-state index >= 15 is 0 Å². The van der Waals surface area contributed by atoms with Crippen LogP contribution in [-0.2, 0) is 9.53 Å². The number of hydrogen-bond donors (Lipinski definition) is 1. The van der Waals surface area contributed by atoms with Gasteiger partial charge < -0.3 is 10.1 Å². The molecule has 130 valence electrons. The number of carbonyl (C=O) groups is 1. The van der Waals surface area contributed by atoms with Gasteiger partial charge in [0, 0.05) is 34.2 Å². The van der Waals surface area contributed by atoms with E-state index in [2.05, 4.69) is 32.2 Å². The molecule has 0 spiro atoms. The maximum atomic E-state index is 13.0. The lowest BCUT2D eigenvalue weighted by Crippen LogP contribution is -2.54. The van der Waals surface area contributed by atoms with E-state index in [1.807, 2.05) is 36.4 Å². The zero-order valence-corrected chi connectivity index (χ0v) is 15.9. The Morgan fingerprint density at radius 1 is 1.12 bits per heavy atom. The molecular weight excluding hydrogens is 404 g/mol. The Kier molecular flexibility index (Phi) is 4.82. The van der Waals surface area contributed by atoms with Gasteiger partial charge in [-0.15, -0.1) is 0 Å². The van der Waals surface area contributed by atoms with Crippen molar-refractivity contribution in [2.75, 3.05) is 31.6 Å². The van der Waals surface area contributed by atoms with E-state index in [-0.39, 0.29) is 17.9 Å². The van der Waals surface area contributed by atoms with Crippen LogP contribution in [0.15, 0.2) is 46.9 Å². The van der Waals surface area contributed by atoms with Crippen LogP contribution in [0.4, 0.5) is 5.69 Å². The summed E-state index contributed by atoms with van der Waals surface area (Å²) in [6.45, 7) is 2.76. The van der Waals surface area contributed by atoms with Gasteiger partial charge in [-0.05, 0) is 35.4 Å². The fourth-order valence-corrected chi connectivity index (χ4v) is 4.36. The quantitative estimate of drug-likeness (QED) is 0.800. The molecule has 2 aromatic rings. The highest BCUT2D eigenvalue weighted by Gasteiger charge is 2.41. The van der Waals surface area contributed by atoms with Crippen LogP contribution < -0.4 is 5.32 Å². The van der Waals surface area contributed by atoms with Crippen LogP contribution in [0, 0.1) is 0 Å². The van der Waals surface area contributed by atoms with Crippen LogP contribution in [0.25, 0.3) is 0 Å². The van der Waals surface area contributed by atoms with Gasteiger partial charge in [0.1, 0.15) is 6.04 Å². The zero-order valence-electron chi connectivity index (χ0n) is 13.5. The summed E-state index contributed by atoms with van der Waals surface area (Å²) in [5, 5.41) is 3.75. The second kappa shape index (κ2) is 7.08. The SMILES string of the molecule is O=C1Nc2ccc(Br)cc2C(c2ccccc2Cl)C1N1CCOCC1. The van der Waals surface area contributed by atoms with Crippen molar-refractivity contribution in [1.82, 2.24) is 4.90 Å². The summed E-state index contributed by atoms with van der Waals surface area (Å²) in [7, 11) is 0. The van der Waals surface area contributed by atoms with E-state index in [0.717, 1.165) is 34.4 Å². The maximum absolute atomic E-state index is 13.0. The van der Waals surface area contributed by atoms with Gasteiger partial charge in [0.2, 0.25) is 5.91 Å². The van der Waals surface area contributed by atoms with E-state index in [9.17, 15) is 4.79 Å². The fourth-order valence-electron chi connectivity index (χ4n) is 3.73. The number of morpholine rings is 1. The molecule has 1 amide bonds. The summed E-state index contributed by atoms with van der Waals surface area (Å²) in [4.78, 5) is 15.2. The number of nitrogens with one attached hydrogen (secondary N) is 1. The van der Waals surface area contributed by atoms with Crippen LogP contribution in [0.3, 0.4) is 0 Å². The Hall–Kier alpha value is -1.40. The molecule has 25 heavy (non-hydrogen) atoms. The number of hydrogen-bond acceptors (Lipinski definition) is 3. The van der Waals surface area contributed by atoms with Crippen molar-refractivity contribution < 1.29 is 9.53 Å². The summed E-state index contributed by atoms with van der Waals surface area (Å²) >= 11 is 10.1. The Morgan fingerprint density at radius 3 is 2.64 bits per heavy atom. The number of ether oxygens (including phenoxy) is 1. The van der Waals surface area contributed by atoms with Gasteiger partial charge in [0.15, 0.2) is 0 Å². The van der Waals surface area contributed by atoms with Gasteiger partial charge >= 0.3 is 0 Å². The normalized spacial score (nSPS) is 23.8. The van der Waals surface area contributed by atoms with E-state index in [1.165, 1.54) is 0 Å². The van der Waals surface area contributed by atoms with E-state index in [1.54, 1.807) is 0 Å². The molecule has 0 saturated carbocycles. The van der Waals surface area contributed by atoms with Gasteiger partial charge in [-0.2, -0.15) is 0 Å². The Bertz CT molecular complexity index is 808. The van der Waals surface area contributed by atoms with Crippen molar-refractivity contribution in [3.8, 4) is 0 Å². The minimum Gasteiger partial charge on any atom is -0.379 e. The Labute approximate surface area is 160 Å².